The lowest BCUT2D eigenvalue weighted by molar-refractivity contribution is -0.116. The van der Waals surface area contributed by atoms with Crippen molar-refractivity contribution in [2.75, 3.05) is 0 Å². The summed E-state index contributed by atoms with van der Waals surface area (Å²) >= 11 is 0. The number of fused-ring (bicyclic) bond motifs is 1. The SMILES string of the molecule is NC1CC=C2C(=O)NNC2C1. The second-order valence-electron chi connectivity index (χ2n) is 3.04. The molecule has 4 nitrogen and oxygen atoms in total. The molecule has 1 aliphatic heterocycles. The van der Waals surface area contributed by atoms with Crippen LogP contribution in [-0.2, 0) is 4.79 Å². The molecule has 0 bridgehead atoms. The van der Waals surface area contributed by atoms with Gasteiger partial charge in [0.25, 0.3) is 5.91 Å². The maximum absolute atomic E-state index is 11.0. The number of carbonyl (C=O) groups excluding carboxylic acids is 1. The van der Waals surface area contributed by atoms with Crippen molar-refractivity contribution in [1.82, 2.24) is 10.9 Å². The zero-order valence-electron chi connectivity index (χ0n) is 6.13. The van der Waals surface area contributed by atoms with E-state index in [0.29, 0.717) is 0 Å². The number of hydrogen-bond acceptors (Lipinski definition) is 3. The van der Waals surface area contributed by atoms with Crippen molar-refractivity contribution in [3.8, 4) is 0 Å². The highest BCUT2D eigenvalue weighted by Gasteiger charge is 2.31. The topological polar surface area (TPSA) is 67.2 Å². The average molecular weight is 153 g/mol. The molecule has 0 spiro atoms. The number of hydrogen-bond donors (Lipinski definition) is 3. The van der Waals surface area contributed by atoms with Crippen molar-refractivity contribution in [2.45, 2.75) is 24.9 Å². The third-order valence-electron chi connectivity index (χ3n) is 2.18. The van der Waals surface area contributed by atoms with E-state index in [1.807, 2.05) is 6.08 Å². The minimum Gasteiger partial charge on any atom is -0.327 e. The summed E-state index contributed by atoms with van der Waals surface area (Å²) in [4.78, 5) is 11.0. The first kappa shape index (κ1) is 6.82. The Labute approximate surface area is 64.8 Å². The van der Waals surface area contributed by atoms with Gasteiger partial charge in [-0.25, -0.2) is 5.43 Å². The van der Waals surface area contributed by atoms with Crippen LogP contribution in [0.3, 0.4) is 0 Å². The van der Waals surface area contributed by atoms with E-state index in [0.717, 1.165) is 18.4 Å². The van der Waals surface area contributed by atoms with Gasteiger partial charge in [0.2, 0.25) is 0 Å². The van der Waals surface area contributed by atoms with Gasteiger partial charge >= 0.3 is 0 Å². The molecule has 0 aromatic rings. The summed E-state index contributed by atoms with van der Waals surface area (Å²) < 4.78 is 0. The van der Waals surface area contributed by atoms with Gasteiger partial charge < -0.3 is 5.73 Å². The van der Waals surface area contributed by atoms with Crippen LogP contribution in [0.5, 0.6) is 0 Å². The predicted molar refractivity (Wildman–Crippen MR) is 40.4 cm³/mol. The van der Waals surface area contributed by atoms with Gasteiger partial charge in [-0.2, -0.15) is 0 Å². The van der Waals surface area contributed by atoms with Crippen molar-refractivity contribution in [3.63, 3.8) is 0 Å². The zero-order valence-corrected chi connectivity index (χ0v) is 6.13. The molecule has 2 aliphatic rings. The minimum atomic E-state index is 0.00176. The maximum Gasteiger partial charge on any atom is 0.262 e. The van der Waals surface area contributed by atoms with Crippen LogP contribution < -0.4 is 16.6 Å². The van der Waals surface area contributed by atoms with Crippen LogP contribution >= 0.6 is 0 Å². The quantitative estimate of drug-likeness (QED) is 0.420. The lowest BCUT2D eigenvalue weighted by Crippen LogP contribution is -2.37. The van der Waals surface area contributed by atoms with Crippen LogP contribution in [0.1, 0.15) is 12.8 Å². The van der Waals surface area contributed by atoms with Crippen LogP contribution in [0.2, 0.25) is 0 Å². The molecule has 0 aromatic heterocycles. The molecule has 4 heteroatoms. The Morgan fingerprint density at radius 2 is 2.45 bits per heavy atom. The highest BCUT2D eigenvalue weighted by atomic mass is 16.2. The van der Waals surface area contributed by atoms with Crippen LogP contribution in [0.25, 0.3) is 0 Å². The molecule has 0 radical (unpaired) electrons. The molecule has 2 atom stereocenters. The van der Waals surface area contributed by atoms with E-state index >= 15 is 0 Å². The molecular weight excluding hydrogens is 142 g/mol. The largest absolute Gasteiger partial charge is 0.327 e. The average Bonchev–Trinajstić information content (AvgIpc) is 2.32. The number of rotatable bonds is 0. The molecule has 2 rings (SSSR count). The summed E-state index contributed by atoms with van der Waals surface area (Å²) in [7, 11) is 0. The fraction of sp³-hybridized carbons (Fsp3) is 0.571. The van der Waals surface area contributed by atoms with Gasteiger partial charge in [-0.05, 0) is 12.8 Å². The second kappa shape index (κ2) is 2.32. The van der Waals surface area contributed by atoms with Crippen LogP contribution in [0.4, 0.5) is 0 Å². The van der Waals surface area contributed by atoms with Gasteiger partial charge in [0, 0.05) is 11.6 Å². The molecule has 4 N–H and O–H groups in total. The Balaban J connectivity index is 2.22. The van der Waals surface area contributed by atoms with Gasteiger partial charge in [-0.1, -0.05) is 6.08 Å². The summed E-state index contributed by atoms with van der Waals surface area (Å²) in [5.41, 5.74) is 12.0. The Kier molecular flexibility index (Phi) is 1.44. The summed E-state index contributed by atoms with van der Waals surface area (Å²) in [6, 6.07) is 0.343. The molecule has 11 heavy (non-hydrogen) atoms. The molecular formula is C7H11N3O. The first-order valence-corrected chi connectivity index (χ1v) is 3.79. The number of nitrogens with one attached hydrogen (secondary N) is 2. The van der Waals surface area contributed by atoms with Gasteiger partial charge in [0.15, 0.2) is 0 Å². The Morgan fingerprint density at radius 1 is 1.64 bits per heavy atom. The maximum atomic E-state index is 11.0. The smallest absolute Gasteiger partial charge is 0.262 e. The lowest BCUT2D eigenvalue weighted by Gasteiger charge is -2.19. The van der Waals surface area contributed by atoms with Crippen LogP contribution in [-0.4, -0.2) is 18.0 Å². The van der Waals surface area contributed by atoms with Crippen molar-refractivity contribution in [1.29, 1.82) is 0 Å². The van der Waals surface area contributed by atoms with Gasteiger partial charge in [-0.15, -0.1) is 0 Å². The van der Waals surface area contributed by atoms with Crippen molar-refractivity contribution >= 4 is 5.91 Å². The summed E-state index contributed by atoms with van der Waals surface area (Å²) in [6.45, 7) is 0. The fourth-order valence-corrected chi connectivity index (χ4v) is 1.56. The van der Waals surface area contributed by atoms with Gasteiger partial charge in [-0.3, -0.25) is 10.2 Å². The molecule has 1 aliphatic carbocycles. The minimum absolute atomic E-state index is 0.00176. The molecule has 60 valence electrons. The van der Waals surface area contributed by atoms with Gasteiger partial charge in [0.05, 0.1) is 6.04 Å². The van der Waals surface area contributed by atoms with E-state index in [-0.39, 0.29) is 18.0 Å². The Hall–Kier alpha value is -0.870. The van der Waals surface area contributed by atoms with Gasteiger partial charge in [0.1, 0.15) is 0 Å². The van der Waals surface area contributed by atoms with Crippen LogP contribution in [0, 0.1) is 0 Å². The van der Waals surface area contributed by atoms with E-state index in [4.69, 9.17) is 5.73 Å². The zero-order chi connectivity index (χ0) is 7.84. The van der Waals surface area contributed by atoms with Crippen molar-refractivity contribution in [2.24, 2.45) is 5.73 Å². The standard InChI is InChI=1S/C7H11N3O/c8-4-1-2-5-6(3-4)9-10-7(5)11/h2,4,6,9H,1,3,8H2,(H,10,11). The third kappa shape index (κ3) is 1.04. The monoisotopic (exact) mass is 153 g/mol. The van der Waals surface area contributed by atoms with E-state index in [2.05, 4.69) is 10.9 Å². The Bertz CT molecular complexity index is 224. The number of nitrogens with two attached hydrogens (primary N) is 1. The molecule has 1 fully saturated rings. The molecule has 1 heterocycles. The number of carbonyl (C=O) groups is 1. The summed E-state index contributed by atoms with van der Waals surface area (Å²) in [5, 5.41) is 0. The van der Waals surface area contributed by atoms with E-state index in [1.165, 1.54) is 0 Å². The van der Waals surface area contributed by atoms with E-state index in [1.54, 1.807) is 0 Å². The van der Waals surface area contributed by atoms with Crippen molar-refractivity contribution < 1.29 is 4.79 Å². The second-order valence-corrected chi connectivity index (χ2v) is 3.04. The van der Waals surface area contributed by atoms with Crippen molar-refractivity contribution in [3.05, 3.63) is 11.6 Å². The molecule has 1 saturated heterocycles. The number of amides is 1. The highest BCUT2D eigenvalue weighted by molar-refractivity contribution is 5.96. The van der Waals surface area contributed by atoms with E-state index in [9.17, 15) is 4.79 Å². The normalized spacial score (nSPS) is 36.1. The summed E-state index contributed by atoms with van der Waals surface area (Å²) in [5.74, 6) is 0.00176. The summed E-state index contributed by atoms with van der Waals surface area (Å²) in [6.07, 6.45) is 3.60. The van der Waals surface area contributed by atoms with Crippen LogP contribution in [0.15, 0.2) is 11.6 Å². The highest BCUT2D eigenvalue weighted by Crippen LogP contribution is 2.20. The third-order valence-corrected chi connectivity index (χ3v) is 2.18. The number of hydrazine groups is 1. The predicted octanol–water partition coefficient (Wildman–Crippen LogP) is -0.963. The first-order valence-electron chi connectivity index (χ1n) is 3.79. The molecule has 1 amide bonds. The molecule has 0 aromatic carbocycles. The molecule has 2 unspecified atom stereocenters. The molecule has 0 saturated carbocycles. The first-order chi connectivity index (χ1) is 5.27. The van der Waals surface area contributed by atoms with E-state index < -0.39 is 0 Å². The lowest BCUT2D eigenvalue weighted by atomic mass is 9.92. The Morgan fingerprint density at radius 3 is 3.27 bits per heavy atom. The fourth-order valence-electron chi connectivity index (χ4n) is 1.56.